The third kappa shape index (κ3) is 1.54. The van der Waals surface area contributed by atoms with Crippen molar-refractivity contribution < 1.29 is 27.8 Å². The van der Waals surface area contributed by atoms with Gasteiger partial charge in [0.05, 0.1) is 12.9 Å². The van der Waals surface area contributed by atoms with Crippen LogP contribution in [-0.4, -0.2) is 23.0 Å². The Morgan fingerprint density at radius 2 is 2.00 bits per heavy atom. The smallest absolute Gasteiger partial charge is 0.426 e. The molecule has 0 radical (unpaired) electrons. The van der Waals surface area contributed by atoms with Gasteiger partial charge in [0.15, 0.2) is 0 Å². The summed E-state index contributed by atoms with van der Waals surface area (Å²) in [7, 11) is 0. The second kappa shape index (κ2) is 3.04. The molecule has 1 heterocycles. The van der Waals surface area contributed by atoms with Gasteiger partial charge in [0.25, 0.3) is 0 Å². The maximum Gasteiger partial charge on any atom is 0.426 e. The molecule has 1 unspecified atom stereocenters. The summed E-state index contributed by atoms with van der Waals surface area (Å²) in [6.07, 6.45) is -3.97. The maximum atomic E-state index is 12.2. The lowest BCUT2D eigenvalue weighted by atomic mass is 10.0. The fourth-order valence-electron chi connectivity index (χ4n) is 0.821. The number of furan rings is 1. The van der Waals surface area contributed by atoms with Crippen LogP contribution in [0.5, 0.6) is 0 Å². The minimum absolute atomic E-state index is 0.720. The number of hydrogen-bond acceptors (Lipinski definition) is 3. The van der Waals surface area contributed by atoms with Crippen molar-refractivity contribution in [2.24, 2.45) is 0 Å². The summed E-state index contributed by atoms with van der Waals surface area (Å²) in [5.74, 6) is -0.720. The molecule has 0 aromatic carbocycles. The van der Waals surface area contributed by atoms with Crippen LogP contribution in [0.1, 0.15) is 5.76 Å². The normalized spacial score (nSPS) is 17.0. The van der Waals surface area contributed by atoms with Crippen molar-refractivity contribution in [2.45, 2.75) is 11.8 Å². The van der Waals surface area contributed by atoms with E-state index in [2.05, 4.69) is 4.42 Å². The van der Waals surface area contributed by atoms with Crippen LogP contribution in [0.3, 0.4) is 0 Å². The first-order valence-corrected chi connectivity index (χ1v) is 3.36. The van der Waals surface area contributed by atoms with E-state index in [1.54, 1.807) is 0 Å². The van der Waals surface area contributed by atoms with Crippen LogP contribution in [0.2, 0.25) is 0 Å². The average molecular weight is 196 g/mol. The Balaban J connectivity index is 3.09. The first kappa shape index (κ1) is 10.1. The van der Waals surface area contributed by atoms with E-state index in [0.717, 1.165) is 12.3 Å². The molecule has 0 aliphatic rings. The second-order valence-corrected chi connectivity index (χ2v) is 2.49. The Morgan fingerprint density at radius 1 is 1.38 bits per heavy atom. The van der Waals surface area contributed by atoms with Crippen LogP contribution >= 0.6 is 0 Å². The van der Waals surface area contributed by atoms with Crippen LogP contribution < -0.4 is 0 Å². The molecule has 1 aromatic heterocycles. The molecule has 13 heavy (non-hydrogen) atoms. The molecule has 1 atom stereocenters. The van der Waals surface area contributed by atoms with Crippen molar-refractivity contribution in [1.29, 1.82) is 0 Å². The van der Waals surface area contributed by atoms with Gasteiger partial charge in [0.2, 0.25) is 5.60 Å². The Morgan fingerprint density at radius 3 is 2.31 bits per heavy atom. The van der Waals surface area contributed by atoms with Crippen molar-refractivity contribution in [3.8, 4) is 0 Å². The van der Waals surface area contributed by atoms with E-state index in [4.69, 9.17) is 10.2 Å². The number of aliphatic hydroxyl groups is 2. The quantitative estimate of drug-likeness (QED) is 0.742. The molecule has 0 saturated heterocycles. The second-order valence-electron chi connectivity index (χ2n) is 2.49. The van der Waals surface area contributed by atoms with Gasteiger partial charge in [0, 0.05) is 0 Å². The van der Waals surface area contributed by atoms with Gasteiger partial charge in [-0.05, 0) is 12.1 Å². The standard InChI is InChI=1S/C7H7F3O3/c8-7(9,10)6(12,4-11)5-2-1-3-13-5/h1-3,11-12H,4H2. The van der Waals surface area contributed by atoms with E-state index in [-0.39, 0.29) is 0 Å². The van der Waals surface area contributed by atoms with Gasteiger partial charge in [-0.1, -0.05) is 0 Å². The zero-order valence-corrected chi connectivity index (χ0v) is 6.38. The van der Waals surface area contributed by atoms with Crippen molar-refractivity contribution >= 4 is 0 Å². The minimum Gasteiger partial charge on any atom is -0.466 e. The lowest BCUT2D eigenvalue weighted by Gasteiger charge is -2.25. The first-order chi connectivity index (χ1) is 5.92. The molecule has 0 saturated carbocycles. The summed E-state index contributed by atoms with van der Waals surface area (Å²) in [4.78, 5) is 0. The van der Waals surface area contributed by atoms with E-state index in [9.17, 15) is 13.2 Å². The monoisotopic (exact) mass is 196 g/mol. The van der Waals surface area contributed by atoms with E-state index in [1.165, 1.54) is 6.07 Å². The fraction of sp³-hybridized carbons (Fsp3) is 0.429. The summed E-state index contributed by atoms with van der Waals surface area (Å²) in [5.41, 5.74) is -3.31. The first-order valence-electron chi connectivity index (χ1n) is 3.36. The number of alkyl halides is 3. The van der Waals surface area contributed by atoms with Crippen molar-refractivity contribution in [2.75, 3.05) is 6.61 Å². The highest BCUT2D eigenvalue weighted by Crippen LogP contribution is 2.38. The molecule has 3 nitrogen and oxygen atoms in total. The van der Waals surface area contributed by atoms with Crippen LogP contribution in [0.25, 0.3) is 0 Å². The summed E-state index contributed by atoms with van der Waals surface area (Å²) in [6, 6.07) is 2.14. The molecule has 1 aromatic rings. The van der Waals surface area contributed by atoms with Crippen LogP contribution in [0.15, 0.2) is 22.8 Å². The maximum absolute atomic E-state index is 12.2. The topological polar surface area (TPSA) is 53.6 Å². The third-order valence-electron chi connectivity index (χ3n) is 1.63. The molecule has 6 heteroatoms. The van der Waals surface area contributed by atoms with Gasteiger partial charge in [0.1, 0.15) is 5.76 Å². The average Bonchev–Trinajstić information content (AvgIpc) is 2.52. The largest absolute Gasteiger partial charge is 0.466 e. The summed E-state index contributed by atoms with van der Waals surface area (Å²) >= 11 is 0. The molecule has 0 amide bonds. The molecule has 0 aliphatic carbocycles. The summed E-state index contributed by atoms with van der Waals surface area (Å²) in [5, 5.41) is 17.5. The SMILES string of the molecule is OCC(O)(c1ccco1)C(F)(F)F. The number of hydrogen-bond donors (Lipinski definition) is 2. The van der Waals surface area contributed by atoms with Gasteiger partial charge >= 0.3 is 6.18 Å². The number of halogens is 3. The van der Waals surface area contributed by atoms with Gasteiger partial charge in [-0.2, -0.15) is 13.2 Å². The van der Waals surface area contributed by atoms with Gasteiger partial charge in [-0.15, -0.1) is 0 Å². The number of aliphatic hydroxyl groups excluding tert-OH is 1. The molecular formula is C7H7F3O3. The summed E-state index contributed by atoms with van der Waals surface area (Å²) in [6.45, 7) is -1.47. The van der Waals surface area contributed by atoms with Gasteiger partial charge < -0.3 is 14.6 Å². The predicted molar refractivity (Wildman–Crippen MR) is 35.7 cm³/mol. The molecule has 74 valence electrons. The Kier molecular flexibility index (Phi) is 2.36. The molecule has 0 fully saturated rings. The molecule has 0 spiro atoms. The zero-order chi connectivity index (χ0) is 10.1. The highest BCUT2D eigenvalue weighted by atomic mass is 19.4. The Labute approximate surface area is 71.4 Å². The van der Waals surface area contributed by atoms with Crippen LogP contribution in [0.4, 0.5) is 13.2 Å². The summed E-state index contributed by atoms with van der Waals surface area (Å²) < 4.78 is 41.0. The highest BCUT2D eigenvalue weighted by Gasteiger charge is 2.56. The van der Waals surface area contributed by atoms with Gasteiger partial charge in [-0.25, -0.2) is 0 Å². The van der Waals surface area contributed by atoms with Gasteiger partial charge in [-0.3, -0.25) is 0 Å². The van der Waals surface area contributed by atoms with E-state index in [1.807, 2.05) is 0 Å². The zero-order valence-electron chi connectivity index (χ0n) is 6.38. The molecule has 2 N–H and O–H groups in total. The predicted octanol–water partition coefficient (Wildman–Crippen LogP) is 1.02. The molecule has 0 aliphatic heterocycles. The number of rotatable bonds is 2. The Bertz CT molecular complexity index is 267. The highest BCUT2D eigenvalue weighted by molar-refractivity contribution is 5.12. The Hall–Kier alpha value is -1.01. The lowest BCUT2D eigenvalue weighted by Crippen LogP contribution is -2.45. The van der Waals surface area contributed by atoms with Crippen molar-refractivity contribution in [3.05, 3.63) is 24.2 Å². The van der Waals surface area contributed by atoms with E-state index >= 15 is 0 Å². The van der Waals surface area contributed by atoms with Crippen LogP contribution in [0, 0.1) is 0 Å². The van der Waals surface area contributed by atoms with Crippen molar-refractivity contribution in [3.63, 3.8) is 0 Å². The lowest BCUT2D eigenvalue weighted by molar-refractivity contribution is -0.283. The molecular weight excluding hydrogens is 189 g/mol. The van der Waals surface area contributed by atoms with E-state index in [0.29, 0.717) is 0 Å². The fourth-order valence-corrected chi connectivity index (χ4v) is 0.821. The third-order valence-corrected chi connectivity index (χ3v) is 1.63. The molecule has 0 bridgehead atoms. The van der Waals surface area contributed by atoms with Crippen LogP contribution in [-0.2, 0) is 5.60 Å². The van der Waals surface area contributed by atoms with E-state index < -0.39 is 24.1 Å². The molecule has 1 rings (SSSR count). The minimum atomic E-state index is -4.96. The van der Waals surface area contributed by atoms with Crippen molar-refractivity contribution in [1.82, 2.24) is 0 Å².